The Bertz CT molecular complexity index is 360. The monoisotopic (exact) mass is 233 g/mol. The van der Waals surface area contributed by atoms with Crippen molar-refractivity contribution in [2.75, 3.05) is 6.54 Å². The molecule has 1 aromatic rings. The van der Waals surface area contributed by atoms with Gasteiger partial charge in [-0.05, 0) is 43.4 Å². The van der Waals surface area contributed by atoms with Crippen molar-refractivity contribution in [2.24, 2.45) is 5.41 Å². The van der Waals surface area contributed by atoms with Crippen LogP contribution in [0.25, 0.3) is 0 Å². The van der Waals surface area contributed by atoms with Gasteiger partial charge >= 0.3 is 0 Å². The zero-order valence-corrected chi connectivity index (χ0v) is 12.2. The average Bonchev–Trinajstić information content (AvgIpc) is 2.21. The van der Waals surface area contributed by atoms with Crippen molar-refractivity contribution in [1.29, 1.82) is 0 Å². The quantitative estimate of drug-likeness (QED) is 0.813. The molecule has 1 rings (SSSR count). The topological polar surface area (TPSA) is 12.0 Å². The van der Waals surface area contributed by atoms with Crippen LogP contribution in [-0.2, 0) is 0 Å². The van der Waals surface area contributed by atoms with Crippen LogP contribution in [0.2, 0.25) is 0 Å². The van der Waals surface area contributed by atoms with Crippen molar-refractivity contribution in [2.45, 2.75) is 54.0 Å². The van der Waals surface area contributed by atoms with Gasteiger partial charge in [-0.25, -0.2) is 0 Å². The van der Waals surface area contributed by atoms with E-state index in [0.717, 1.165) is 6.54 Å². The van der Waals surface area contributed by atoms with Gasteiger partial charge in [0.1, 0.15) is 0 Å². The van der Waals surface area contributed by atoms with Crippen molar-refractivity contribution in [1.82, 2.24) is 5.32 Å². The molecule has 1 unspecified atom stereocenters. The molecule has 0 fully saturated rings. The zero-order valence-electron chi connectivity index (χ0n) is 12.2. The largest absolute Gasteiger partial charge is 0.309 e. The Labute approximate surface area is 107 Å². The van der Waals surface area contributed by atoms with Crippen LogP contribution < -0.4 is 5.32 Å². The van der Waals surface area contributed by atoms with Gasteiger partial charge in [0.15, 0.2) is 0 Å². The third-order valence-electron chi connectivity index (χ3n) is 3.21. The second-order valence-corrected chi connectivity index (χ2v) is 6.11. The SMILES string of the molecule is CCCNC(c1cc(C)ccc1C)C(C)(C)C. The summed E-state index contributed by atoms with van der Waals surface area (Å²) in [6.07, 6.45) is 1.18. The van der Waals surface area contributed by atoms with Crippen LogP contribution in [0, 0.1) is 19.3 Å². The van der Waals surface area contributed by atoms with E-state index >= 15 is 0 Å². The van der Waals surface area contributed by atoms with E-state index in [1.54, 1.807) is 0 Å². The van der Waals surface area contributed by atoms with Gasteiger partial charge in [0, 0.05) is 6.04 Å². The molecule has 0 saturated carbocycles. The molecule has 0 radical (unpaired) electrons. The fraction of sp³-hybridized carbons (Fsp3) is 0.625. The lowest BCUT2D eigenvalue weighted by Gasteiger charge is -2.33. The van der Waals surface area contributed by atoms with Crippen LogP contribution in [-0.4, -0.2) is 6.54 Å². The first-order valence-electron chi connectivity index (χ1n) is 6.66. The van der Waals surface area contributed by atoms with Crippen molar-refractivity contribution < 1.29 is 0 Å². The summed E-state index contributed by atoms with van der Waals surface area (Å²) in [5.41, 5.74) is 4.43. The Morgan fingerprint density at radius 1 is 1.18 bits per heavy atom. The molecule has 0 aromatic heterocycles. The van der Waals surface area contributed by atoms with Gasteiger partial charge in [-0.2, -0.15) is 0 Å². The standard InChI is InChI=1S/C16H27N/c1-7-10-17-15(16(4,5)6)14-11-12(2)8-9-13(14)3/h8-9,11,15,17H,7,10H2,1-6H3. The molecule has 1 N–H and O–H groups in total. The highest BCUT2D eigenvalue weighted by atomic mass is 14.9. The van der Waals surface area contributed by atoms with Gasteiger partial charge in [-0.3, -0.25) is 0 Å². The number of hydrogen-bond donors (Lipinski definition) is 1. The van der Waals surface area contributed by atoms with Crippen molar-refractivity contribution in [3.63, 3.8) is 0 Å². The molecule has 1 aromatic carbocycles. The Balaban J connectivity index is 3.08. The van der Waals surface area contributed by atoms with Crippen LogP contribution in [0.15, 0.2) is 18.2 Å². The predicted octanol–water partition coefficient (Wildman–Crippen LogP) is 4.39. The van der Waals surface area contributed by atoms with E-state index in [2.05, 4.69) is 65.1 Å². The van der Waals surface area contributed by atoms with Gasteiger partial charge in [-0.15, -0.1) is 0 Å². The molecule has 17 heavy (non-hydrogen) atoms. The lowest BCUT2D eigenvalue weighted by molar-refractivity contribution is 0.272. The second kappa shape index (κ2) is 5.68. The van der Waals surface area contributed by atoms with Gasteiger partial charge in [0.25, 0.3) is 0 Å². The number of hydrogen-bond acceptors (Lipinski definition) is 1. The molecule has 1 nitrogen and oxygen atoms in total. The molecule has 96 valence electrons. The molecule has 0 aliphatic carbocycles. The number of rotatable bonds is 4. The molecular formula is C16H27N. The van der Waals surface area contributed by atoms with E-state index in [9.17, 15) is 0 Å². The Morgan fingerprint density at radius 2 is 1.82 bits per heavy atom. The minimum absolute atomic E-state index is 0.244. The van der Waals surface area contributed by atoms with Crippen molar-refractivity contribution >= 4 is 0 Å². The molecule has 0 aliphatic rings. The minimum Gasteiger partial charge on any atom is -0.309 e. The first-order chi connectivity index (χ1) is 7.86. The van der Waals surface area contributed by atoms with Crippen molar-refractivity contribution in [3.05, 3.63) is 34.9 Å². The number of aryl methyl sites for hydroxylation is 2. The molecule has 1 heteroatoms. The number of nitrogens with one attached hydrogen (secondary N) is 1. The normalized spacial score (nSPS) is 13.8. The van der Waals surface area contributed by atoms with Gasteiger partial charge in [0.05, 0.1) is 0 Å². The van der Waals surface area contributed by atoms with E-state index < -0.39 is 0 Å². The summed E-state index contributed by atoms with van der Waals surface area (Å²) in [6, 6.07) is 7.19. The zero-order chi connectivity index (χ0) is 13.1. The third-order valence-corrected chi connectivity index (χ3v) is 3.21. The maximum atomic E-state index is 3.69. The van der Waals surface area contributed by atoms with Crippen LogP contribution in [0.4, 0.5) is 0 Å². The second-order valence-electron chi connectivity index (χ2n) is 6.11. The van der Waals surface area contributed by atoms with Gasteiger partial charge in [0.2, 0.25) is 0 Å². The maximum Gasteiger partial charge on any atom is 0.0371 e. The first kappa shape index (κ1) is 14.2. The molecule has 1 atom stereocenters. The highest BCUT2D eigenvalue weighted by molar-refractivity contribution is 5.34. The average molecular weight is 233 g/mol. The predicted molar refractivity (Wildman–Crippen MR) is 76.4 cm³/mol. The summed E-state index contributed by atoms with van der Waals surface area (Å²) in [5, 5.41) is 3.69. The van der Waals surface area contributed by atoms with E-state index in [1.807, 2.05) is 0 Å². The Morgan fingerprint density at radius 3 is 2.35 bits per heavy atom. The maximum absolute atomic E-state index is 3.69. The smallest absolute Gasteiger partial charge is 0.0371 e. The van der Waals surface area contributed by atoms with Crippen LogP contribution in [0.5, 0.6) is 0 Å². The molecule has 0 spiro atoms. The summed E-state index contributed by atoms with van der Waals surface area (Å²) in [7, 11) is 0. The van der Waals surface area contributed by atoms with Gasteiger partial charge < -0.3 is 5.32 Å². The van der Waals surface area contributed by atoms with E-state index in [0.29, 0.717) is 6.04 Å². The molecule has 0 aliphatic heterocycles. The lowest BCUT2D eigenvalue weighted by Crippen LogP contribution is -2.33. The molecule has 0 bridgehead atoms. The van der Waals surface area contributed by atoms with Crippen LogP contribution in [0.1, 0.15) is 56.8 Å². The fourth-order valence-electron chi connectivity index (χ4n) is 2.24. The third kappa shape index (κ3) is 3.85. The minimum atomic E-state index is 0.244. The number of benzene rings is 1. The molecule has 0 amide bonds. The van der Waals surface area contributed by atoms with E-state index in [-0.39, 0.29) is 5.41 Å². The van der Waals surface area contributed by atoms with Crippen LogP contribution in [0.3, 0.4) is 0 Å². The van der Waals surface area contributed by atoms with E-state index in [1.165, 1.54) is 23.1 Å². The molecule has 0 heterocycles. The van der Waals surface area contributed by atoms with Crippen molar-refractivity contribution in [3.8, 4) is 0 Å². The summed E-state index contributed by atoms with van der Waals surface area (Å²) in [5.74, 6) is 0. The molecular weight excluding hydrogens is 206 g/mol. The highest BCUT2D eigenvalue weighted by Gasteiger charge is 2.26. The summed E-state index contributed by atoms with van der Waals surface area (Å²) >= 11 is 0. The first-order valence-corrected chi connectivity index (χ1v) is 6.66. The molecule has 0 saturated heterocycles. The summed E-state index contributed by atoms with van der Waals surface area (Å²) < 4.78 is 0. The van der Waals surface area contributed by atoms with Crippen LogP contribution >= 0.6 is 0 Å². The summed E-state index contributed by atoms with van der Waals surface area (Å²) in [4.78, 5) is 0. The lowest BCUT2D eigenvalue weighted by atomic mass is 9.80. The summed E-state index contributed by atoms with van der Waals surface area (Å²) in [6.45, 7) is 14.6. The Hall–Kier alpha value is -0.820. The van der Waals surface area contributed by atoms with E-state index in [4.69, 9.17) is 0 Å². The fourth-order valence-corrected chi connectivity index (χ4v) is 2.24. The highest BCUT2D eigenvalue weighted by Crippen LogP contribution is 2.34. The Kier molecular flexibility index (Phi) is 4.76. The van der Waals surface area contributed by atoms with Gasteiger partial charge in [-0.1, -0.05) is 51.5 Å².